The summed E-state index contributed by atoms with van der Waals surface area (Å²) >= 11 is 6.65. The molecule has 0 radical (unpaired) electrons. The quantitative estimate of drug-likeness (QED) is 0.481. The lowest BCUT2D eigenvalue weighted by atomic mass is 10.1. The molecule has 0 saturated heterocycles. The molecule has 0 aliphatic heterocycles. The van der Waals surface area contributed by atoms with Crippen LogP contribution in [-0.4, -0.2) is 24.5 Å². The van der Waals surface area contributed by atoms with Crippen molar-refractivity contribution in [2.45, 2.75) is 6.92 Å². The minimum absolute atomic E-state index is 0.121. The molecule has 0 saturated carbocycles. The smallest absolute Gasteiger partial charge is 0.286 e. The molecule has 2 rings (SSSR count). The van der Waals surface area contributed by atoms with E-state index < -0.39 is 10.8 Å². The van der Waals surface area contributed by atoms with Crippen molar-refractivity contribution < 1.29 is 19.2 Å². The van der Waals surface area contributed by atoms with Gasteiger partial charge in [-0.25, -0.2) is 0 Å². The van der Waals surface area contributed by atoms with Crippen molar-refractivity contribution in [3.63, 3.8) is 0 Å². The fourth-order valence-corrected chi connectivity index (χ4v) is 3.24. The molecule has 0 atom stereocenters. The van der Waals surface area contributed by atoms with Crippen LogP contribution in [0, 0.1) is 10.1 Å². The van der Waals surface area contributed by atoms with Crippen molar-refractivity contribution in [2.24, 2.45) is 0 Å². The molecule has 0 aliphatic carbocycles. The van der Waals surface area contributed by atoms with Crippen molar-refractivity contribution >= 4 is 49.1 Å². The molecule has 0 unspecified atom stereocenters. The molecule has 0 aliphatic rings. The van der Waals surface area contributed by atoms with E-state index in [1.807, 2.05) is 0 Å². The number of rotatable bonds is 6. The molecular formula is C16H14Br2N2O5. The predicted octanol–water partition coefficient (Wildman–Crippen LogP) is 4.78. The van der Waals surface area contributed by atoms with E-state index in [0.29, 0.717) is 16.8 Å². The number of anilines is 1. The van der Waals surface area contributed by atoms with E-state index in [1.54, 1.807) is 25.1 Å². The van der Waals surface area contributed by atoms with Crippen molar-refractivity contribution in [1.82, 2.24) is 0 Å². The number of nitrogens with one attached hydrogen (secondary N) is 1. The first-order valence-electron chi connectivity index (χ1n) is 7.13. The third-order valence-corrected chi connectivity index (χ3v) is 4.35. The van der Waals surface area contributed by atoms with Gasteiger partial charge >= 0.3 is 0 Å². The summed E-state index contributed by atoms with van der Waals surface area (Å²) in [4.78, 5) is 23.3. The second kappa shape index (κ2) is 8.30. The molecule has 0 spiro atoms. The van der Waals surface area contributed by atoms with Crippen LogP contribution in [0.3, 0.4) is 0 Å². The molecular weight excluding hydrogens is 460 g/mol. The molecule has 25 heavy (non-hydrogen) atoms. The van der Waals surface area contributed by atoms with Crippen molar-refractivity contribution in [3.05, 3.63) is 55.0 Å². The second-order valence-electron chi connectivity index (χ2n) is 4.79. The Morgan fingerprint density at radius 2 is 1.96 bits per heavy atom. The van der Waals surface area contributed by atoms with E-state index in [1.165, 1.54) is 19.2 Å². The third kappa shape index (κ3) is 4.49. The number of methoxy groups -OCH3 is 1. The van der Waals surface area contributed by atoms with E-state index in [9.17, 15) is 14.9 Å². The molecule has 2 aromatic rings. The second-order valence-corrected chi connectivity index (χ2v) is 6.56. The Morgan fingerprint density at radius 3 is 2.52 bits per heavy atom. The van der Waals surface area contributed by atoms with Gasteiger partial charge in [0.2, 0.25) is 0 Å². The summed E-state index contributed by atoms with van der Waals surface area (Å²) in [5, 5.41) is 14.0. The van der Waals surface area contributed by atoms with Gasteiger partial charge in [-0.05, 0) is 41.1 Å². The molecule has 0 heterocycles. The first kappa shape index (κ1) is 19.2. The lowest BCUT2D eigenvalue weighted by Crippen LogP contribution is -2.15. The maximum absolute atomic E-state index is 12.6. The van der Waals surface area contributed by atoms with Crippen LogP contribution >= 0.6 is 31.9 Å². The Hall–Kier alpha value is -2.13. The number of halogens is 2. The fourth-order valence-electron chi connectivity index (χ4n) is 2.09. The number of hydrogen-bond acceptors (Lipinski definition) is 5. The van der Waals surface area contributed by atoms with Gasteiger partial charge in [-0.1, -0.05) is 15.9 Å². The monoisotopic (exact) mass is 472 g/mol. The lowest BCUT2D eigenvalue weighted by molar-refractivity contribution is -0.385. The Morgan fingerprint density at radius 1 is 1.24 bits per heavy atom. The van der Waals surface area contributed by atoms with Gasteiger partial charge in [0, 0.05) is 15.0 Å². The molecule has 9 heteroatoms. The Labute approximate surface area is 160 Å². The molecule has 0 bridgehead atoms. The van der Waals surface area contributed by atoms with Crippen LogP contribution in [0.5, 0.6) is 11.5 Å². The number of nitro groups is 1. The van der Waals surface area contributed by atoms with Crippen molar-refractivity contribution in [1.29, 1.82) is 0 Å². The summed E-state index contributed by atoms with van der Waals surface area (Å²) in [6, 6.07) is 7.65. The number of carbonyl (C=O) groups is 1. The molecule has 0 fully saturated rings. The minimum Gasteiger partial charge on any atom is -0.493 e. The third-order valence-electron chi connectivity index (χ3n) is 3.20. The summed E-state index contributed by atoms with van der Waals surface area (Å²) in [5.74, 6) is -0.177. The average molecular weight is 474 g/mol. The maximum Gasteiger partial charge on any atom is 0.286 e. The number of benzene rings is 2. The Balaban J connectivity index is 2.46. The summed E-state index contributed by atoms with van der Waals surface area (Å²) < 4.78 is 12.0. The van der Waals surface area contributed by atoms with Gasteiger partial charge in [-0.3, -0.25) is 14.9 Å². The van der Waals surface area contributed by atoms with Crippen molar-refractivity contribution in [2.75, 3.05) is 19.0 Å². The van der Waals surface area contributed by atoms with Crippen LogP contribution in [0.2, 0.25) is 0 Å². The number of nitrogens with zero attached hydrogens (tertiary/aromatic N) is 1. The van der Waals surface area contributed by atoms with Gasteiger partial charge < -0.3 is 14.8 Å². The number of ether oxygens (including phenoxy) is 2. The highest BCUT2D eigenvalue weighted by Gasteiger charge is 2.25. The van der Waals surface area contributed by atoms with E-state index in [0.717, 1.165) is 4.47 Å². The number of amides is 1. The molecule has 2 aromatic carbocycles. The van der Waals surface area contributed by atoms with Crippen molar-refractivity contribution in [3.8, 4) is 11.5 Å². The van der Waals surface area contributed by atoms with Gasteiger partial charge in [0.05, 0.1) is 30.4 Å². The Kier molecular flexibility index (Phi) is 6.38. The Bertz CT molecular complexity index is 826. The van der Waals surface area contributed by atoms with Crippen LogP contribution in [0.1, 0.15) is 17.3 Å². The fraction of sp³-hybridized carbons (Fsp3) is 0.188. The highest BCUT2D eigenvalue weighted by molar-refractivity contribution is 9.11. The minimum atomic E-state index is -0.635. The van der Waals surface area contributed by atoms with Gasteiger partial charge in [0.25, 0.3) is 11.6 Å². The van der Waals surface area contributed by atoms with E-state index in [4.69, 9.17) is 9.47 Å². The summed E-state index contributed by atoms with van der Waals surface area (Å²) in [6.45, 7) is 2.09. The maximum atomic E-state index is 12.6. The molecule has 7 nitrogen and oxygen atoms in total. The summed E-state index contributed by atoms with van der Waals surface area (Å²) in [5.41, 5.74) is -0.00798. The molecule has 0 aromatic heterocycles. The summed E-state index contributed by atoms with van der Waals surface area (Å²) in [7, 11) is 1.38. The lowest BCUT2D eigenvalue weighted by Gasteiger charge is -2.12. The molecule has 1 amide bonds. The SMILES string of the molecule is CCOc1cc(C(=O)Nc2ccc(Br)cc2Br)c([N+](=O)[O-])cc1OC. The average Bonchev–Trinajstić information content (AvgIpc) is 2.57. The predicted molar refractivity (Wildman–Crippen MR) is 101 cm³/mol. The van der Waals surface area contributed by atoms with E-state index in [-0.39, 0.29) is 22.7 Å². The molecule has 1 N–H and O–H groups in total. The van der Waals surface area contributed by atoms with E-state index >= 15 is 0 Å². The largest absolute Gasteiger partial charge is 0.493 e. The van der Waals surface area contributed by atoms with Gasteiger partial charge in [-0.2, -0.15) is 0 Å². The topological polar surface area (TPSA) is 90.7 Å². The van der Waals surface area contributed by atoms with Crippen LogP contribution in [0.25, 0.3) is 0 Å². The zero-order valence-corrected chi connectivity index (χ0v) is 16.5. The van der Waals surface area contributed by atoms with Gasteiger partial charge in [-0.15, -0.1) is 0 Å². The normalized spacial score (nSPS) is 10.2. The van der Waals surface area contributed by atoms with Crippen LogP contribution in [0.4, 0.5) is 11.4 Å². The first-order valence-corrected chi connectivity index (χ1v) is 8.71. The van der Waals surface area contributed by atoms with Crippen LogP contribution < -0.4 is 14.8 Å². The molecule has 132 valence electrons. The van der Waals surface area contributed by atoms with Crippen LogP contribution in [0.15, 0.2) is 39.3 Å². The highest BCUT2D eigenvalue weighted by Crippen LogP contribution is 2.35. The first-order chi connectivity index (χ1) is 11.9. The van der Waals surface area contributed by atoms with Gasteiger partial charge in [0.1, 0.15) is 5.56 Å². The highest BCUT2D eigenvalue weighted by atomic mass is 79.9. The van der Waals surface area contributed by atoms with E-state index in [2.05, 4.69) is 37.2 Å². The zero-order valence-electron chi connectivity index (χ0n) is 13.3. The number of carbonyl (C=O) groups excluding carboxylic acids is 1. The van der Waals surface area contributed by atoms with Crippen LogP contribution in [-0.2, 0) is 0 Å². The summed E-state index contributed by atoms with van der Waals surface area (Å²) in [6.07, 6.45) is 0. The standard InChI is InChI=1S/C16H14Br2N2O5/c1-3-25-15-7-10(13(20(22)23)8-14(15)24-2)16(21)19-12-5-4-9(17)6-11(12)18/h4-8H,3H2,1-2H3,(H,19,21). The van der Waals surface area contributed by atoms with Gasteiger partial charge in [0.15, 0.2) is 11.5 Å². The number of nitro benzene ring substituents is 1. The zero-order chi connectivity index (χ0) is 18.6. The number of hydrogen-bond donors (Lipinski definition) is 1.